The minimum absolute atomic E-state index is 0.182. The summed E-state index contributed by atoms with van der Waals surface area (Å²) in [5.74, 6) is 0.461. The van der Waals surface area contributed by atoms with Crippen molar-refractivity contribution in [2.24, 2.45) is 0 Å². The van der Waals surface area contributed by atoms with Gasteiger partial charge in [0.05, 0.1) is 12.9 Å². The number of aryl methyl sites for hydroxylation is 2. The summed E-state index contributed by atoms with van der Waals surface area (Å²) in [5.41, 5.74) is 0.384. The molecule has 1 aliphatic heterocycles. The topological polar surface area (TPSA) is 74.0 Å². The van der Waals surface area contributed by atoms with Gasteiger partial charge in [-0.15, -0.1) is 0 Å². The molecule has 0 bridgehead atoms. The van der Waals surface area contributed by atoms with Crippen LogP contribution in [0.15, 0.2) is 23.2 Å². The molecule has 0 radical (unpaired) electrons. The molecule has 0 atom stereocenters. The van der Waals surface area contributed by atoms with E-state index in [2.05, 4.69) is 31.3 Å². The lowest BCUT2D eigenvalue weighted by Gasteiger charge is -2.14. The first-order chi connectivity index (χ1) is 10.3. The van der Waals surface area contributed by atoms with Crippen LogP contribution in [0.25, 0.3) is 0 Å². The van der Waals surface area contributed by atoms with Crippen molar-refractivity contribution in [3.63, 3.8) is 0 Å². The van der Waals surface area contributed by atoms with Gasteiger partial charge in [-0.25, -0.2) is 9.67 Å². The third kappa shape index (κ3) is 3.10. The van der Waals surface area contributed by atoms with Gasteiger partial charge in [-0.2, -0.15) is 5.10 Å². The Balaban J connectivity index is 1.54. The summed E-state index contributed by atoms with van der Waals surface area (Å²) in [6.07, 6.45) is 7.15. The summed E-state index contributed by atoms with van der Waals surface area (Å²) in [4.78, 5) is 16.1. The van der Waals surface area contributed by atoms with Crippen molar-refractivity contribution in [2.75, 3.05) is 13.2 Å². The highest BCUT2D eigenvalue weighted by Crippen LogP contribution is 2.31. The average molecular weight is 354 g/mol. The van der Waals surface area contributed by atoms with E-state index in [1.807, 2.05) is 10.8 Å². The van der Waals surface area contributed by atoms with Crippen LogP contribution in [0.3, 0.4) is 0 Å². The lowest BCUT2D eigenvalue weighted by atomic mass is 10.3. The van der Waals surface area contributed by atoms with Crippen LogP contribution in [0, 0.1) is 0 Å². The monoisotopic (exact) mass is 353 g/mol. The molecule has 3 rings (SSSR count). The molecule has 2 aromatic heterocycles. The summed E-state index contributed by atoms with van der Waals surface area (Å²) >= 11 is 3.40. The summed E-state index contributed by atoms with van der Waals surface area (Å²) in [5, 5.41) is 7.17. The van der Waals surface area contributed by atoms with Crippen LogP contribution < -0.4 is 10.1 Å². The van der Waals surface area contributed by atoms with Gasteiger partial charge in [0, 0.05) is 38.4 Å². The zero-order valence-electron chi connectivity index (χ0n) is 11.5. The van der Waals surface area contributed by atoms with E-state index in [1.165, 1.54) is 0 Å². The van der Waals surface area contributed by atoms with Crippen molar-refractivity contribution in [3.05, 3.63) is 28.9 Å². The third-order valence-corrected chi connectivity index (χ3v) is 3.97. The number of fused-ring (bicyclic) bond motifs is 1. The van der Waals surface area contributed by atoms with Crippen LogP contribution in [0.1, 0.15) is 23.3 Å². The summed E-state index contributed by atoms with van der Waals surface area (Å²) < 4.78 is 9.86. The molecule has 0 unspecified atom stereocenters. The van der Waals surface area contributed by atoms with Crippen LogP contribution >= 0.6 is 15.9 Å². The molecule has 0 fully saturated rings. The molecule has 21 heavy (non-hydrogen) atoms. The fraction of sp³-hybridized carbons (Fsp3) is 0.462. The number of nitrogens with one attached hydrogen (secondary N) is 1. The zero-order valence-corrected chi connectivity index (χ0v) is 13.0. The molecule has 0 aliphatic carbocycles. The molecular formula is C13H16BrN5O2. The molecule has 0 spiro atoms. The Bertz CT molecular complexity index is 623. The van der Waals surface area contributed by atoms with E-state index in [-0.39, 0.29) is 5.91 Å². The van der Waals surface area contributed by atoms with E-state index in [1.54, 1.807) is 17.2 Å². The Morgan fingerprint density at radius 3 is 3.19 bits per heavy atom. The molecule has 0 saturated carbocycles. The van der Waals surface area contributed by atoms with E-state index in [4.69, 9.17) is 4.74 Å². The molecule has 3 heterocycles. The standard InChI is InChI=1S/C13H16BrN5O2/c14-10-11(17-19-6-2-8-21-13(10)19)12(20)16-3-1-5-18-7-4-15-9-18/h4,7,9H,1-3,5-6,8H2,(H,16,20). The van der Waals surface area contributed by atoms with Crippen LogP contribution in [-0.4, -0.2) is 38.4 Å². The van der Waals surface area contributed by atoms with E-state index >= 15 is 0 Å². The number of imidazole rings is 1. The fourth-order valence-electron chi connectivity index (χ4n) is 2.21. The first-order valence-corrected chi connectivity index (χ1v) is 7.68. The van der Waals surface area contributed by atoms with Gasteiger partial charge in [0.15, 0.2) is 5.69 Å². The number of amides is 1. The van der Waals surface area contributed by atoms with Crippen molar-refractivity contribution in [2.45, 2.75) is 25.9 Å². The molecule has 7 nitrogen and oxygen atoms in total. The van der Waals surface area contributed by atoms with Gasteiger partial charge in [0.25, 0.3) is 5.91 Å². The van der Waals surface area contributed by atoms with Crippen LogP contribution in [-0.2, 0) is 13.1 Å². The third-order valence-electron chi connectivity index (χ3n) is 3.26. The Morgan fingerprint density at radius 2 is 2.43 bits per heavy atom. The quantitative estimate of drug-likeness (QED) is 0.825. The summed E-state index contributed by atoms with van der Waals surface area (Å²) in [6, 6.07) is 0. The van der Waals surface area contributed by atoms with Gasteiger partial charge in [0.2, 0.25) is 5.88 Å². The Hall–Kier alpha value is -1.83. The predicted molar refractivity (Wildman–Crippen MR) is 79.2 cm³/mol. The summed E-state index contributed by atoms with van der Waals surface area (Å²) in [7, 11) is 0. The maximum atomic E-state index is 12.2. The lowest BCUT2D eigenvalue weighted by Crippen LogP contribution is -2.26. The van der Waals surface area contributed by atoms with E-state index < -0.39 is 0 Å². The Labute approximate surface area is 130 Å². The van der Waals surface area contributed by atoms with Gasteiger partial charge in [0.1, 0.15) is 4.47 Å². The van der Waals surface area contributed by atoms with E-state index in [0.717, 1.165) is 25.9 Å². The SMILES string of the molecule is O=C(NCCCn1ccnc1)c1nn2c(c1Br)OCCC2. The fourth-order valence-corrected chi connectivity index (χ4v) is 2.79. The Morgan fingerprint density at radius 1 is 1.52 bits per heavy atom. The predicted octanol–water partition coefficient (Wildman–Crippen LogP) is 1.44. The minimum atomic E-state index is -0.182. The van der Waals surface area contributed by atoms with Gasteiger partial charge >= 0.3 is 0 Å². The smallest absolute Gasteiger partial charge is 0.273 e. The number of hydrogen-bond donors (Lipinski definition) is 1. The largest absolute Gasteiger partial charge is 0.477 e. The molecule has 0 aromatic carbocycles. The number of aromatic nitrogens is 4. The van der Waals surface area contributed by atoms with Gasteiger partial charge in [-0.05, 0) is 22.4 Å². The zero-order chi connectivity index (χ0) is 14.7. The molecule has 2 aromatic rings. The minimum Gasteiger partial charge on any atom is -0.477 e. The lowest BCUT2D eigenvalue weighted by molar-refractivity contribution is 0.0946. The second-order valence-corrected chi connectivity index (χ2v) is 5.60. The second-order valence-electron chi connectivity index (χ2n) is 4.80. The number of halogens is 1. The van der Waals surface area contributed by atoms with E-state index in [0.29, 0.717) is 29.2 Å². The number of nitrogens with zero attached hydrogens (tertiary/aromatic N) is 4. The number of rotatable bonds is 5. The Kier molecular flexibility index (Phi) is 4.23. The molecule has 0 saturated heterocycles. The van der Waals surface area contributed by atoms with Crippen LogP contribution in [0.4, 0.5) is 0 Å². The van der Waals surface area contributed by atoms with Crippen molar-refractivity contribution in [1.29, 1.82) is 0 Å². The second kappa shape index (κ2) is 6.30. The van der Waals surface area contributed by atoms with Gasteiger partial charge < -0.3 is 14.6 Å². The first kappa shape index (κ1) is 14.1. The number of hydrogen-bond acceptors (Lipinski definition) is 4. The number of carbonyl (C=O) groups is 1. The number of ether oxygens (including phenoxy) is 1. The van der Waals surface area contributed by atoms with Crippen molar-refractivity contribution < 1.29 is 9.53 Å². The highest BCUT2D eigenvalue weighted by molar-refractivity contribution is 9.10. The molecule has 1 amide bonds. The first-order valence-electron chi connectivity index (χ1n) is 6.89. The maximum absolute atomic E-state index is 12.2. The van der Waals surface area contributed by atoms with Crippen molar-refractivity contribution in [1.82, 2.24) is 24.6 Å². The van der Waals surface area contributed by atoms with E-state index in [9.17, 15) is 4.79 Å². The van der Waals surface area contributed by atoms with Crippen molar-refractivity contribution >= 4 is 21.8 Å². The average Bonchev–Trinajstić information content (AvgIpc) is 3.12. The molecular weight excluding hydrogens is 338 g/mol. The number of carbonyl (C=O) groups excluding carboxylic acids is 1. The van der Waals surface area contributed by atoms with Gasteiger partial charge in [-0.3, -0.25) is 4.79 Å². The molecule has 1 aliphatic rings. The van der Waals surface area contributed by atoms with Gasteiger partial charge in [-0.1, -0.05) is 0 Å². The van der Waals surface area contributed by atoms with Crippen LogP contribution in [0.5, 0.6) is 5.88 Å². The van der Waals surface area contributed by atoms with Crippen molar-refractivity contribution in [3.8, 4) is 5.88 Å². The highest BCUT2D eigenvalue weighted by atomic mass is 79.9. The molecule has 8 heteroatoms. The van der Waals surface area contributed by atoms with Crippen LogP contribution in [0.2, 0.25) is 0 Å². The molecule has 1 N–H and O–H groups in total. The summed E-state index contributed by atoms with van der Waals surface area (Å²) in [6.45, 7) is 2.86. The maximum Gasteiger partial charge on any atom is 0.273 e. The normalized spacial score (nSPS) is 13.6. The molecule has 112 valence electrons. The highest BCUT2D eigenvalue weighted by Gasteiger charge is 2.24.